The molecule has 0 unspecified atom stereocenters. The van der Waals surface area contributed by atoms with Crippen LogP contribution in [0.1, 0.15) is 17.3 Å². The van der Waals surface area contributed by atoms with Crippen LogP contribution in [-0.2, 0) is 11.3 Å². The first-order valence-corrected chi connectivity index (χ1v) is 6.28. The molecule has 1 aliphatic rings. The van der Waals surface area contributed by atoms with E-state index in [0.717, 1.165) is 6.07 Å². The van der Waals surface area contributed by atoms with Crippen LogP contribution in [0.3, 0.4) is 0 Å². The van der Waals surface area contributed by atoms with E-state index in [9.17, 15) is 14.0 Å². The maximum absolute atomic E-state index is 13.6. The number of halogens is 1. The smallest absolute Gasteiger partial charge is 0.343 e. The molecule has 5 nitrogen and oxygen atoms in total. The topological polar surface area (TPSA) is 57.5 Å². The van der Waals surface area contributed by atoms with Gasteiger partial charge in [-0.05, 0) is 13.0 Å². The summed E-state index contributed by atoms with van der Waals surface area (Å²) in [6.07, 6.45) is 1.45. The van der Waals surface area contributed by atoms with Gasteiger partial charge in [0.1, 0.15) is 23.7 Å². The molecule has 0 fully saturated rings. The van der Waals surface area contributed by atoms with E-state index in [1.165, 1.54) is 12.3 Å². The fourth-order valence-corrected chi connectivity index (χ4v) is 2.36. The van der Waals surface area contributed by atoms with Crippen molar-refractivity contribution in [2.75, 3.05) is 13.2 Å². The summed E-state index contributed by atoms with van der Waals surface area (Å²) in [5.74, 6) is -0.946. The van der Waals surface area contributed by atoms with Gasteiger partial charge in [0, 0.05) is 12.3 Å². The quantitative estimate of drug-likeness (QED) is 0.784. The van der Waals surface area contributed by atoms with Gasteiger partial charge in [-0.2, -0.15) is 0 Å². The van der Waals surface area contributed by atoms with Crippen molar-refractivity contribution in [1.29, 1.82) is 0 Å². The molecule has 104 valence electrons. The van der Waals surface area contributed by atoms with Gasteiger partial charge < -0.3 is 14.0 Å². The van der Waals surface area contributed by atoms with Crippen LogP contribution in [0.4, 0.5) is 4.39 Å². The number of nitrogens with zero attached hydrogens (tertiary/aromatic N) is 1. The zero-order chi connectivity index (χ0) is 14.3. The van der Waals surface area contributed by atoms with Crippen LogP contribution >= 0.6 is 0 Å². The Morgan fingerprint density at radius 2 is 2.30 bits per heavy atom. The van der Waals surface area contributed by atoms with Crippen LogP contribution in [0.15, 0.2) is 23.1 Å². The van der Waals surface area contributed by atoms with Crippen molar-refractivity contribution in [3.8, 4) is 5.75 Å². The van der Waals surface area contributed by atoms with Gasteiger partial charge in [0.05, 0.1) is 24.1 Å². The number of rotatable bonds is 2. The Kier molecular flexibility index (Phi) is 2.93. The second-order valence-corrected chi connectivity index (χ2v) is 4.43. The van der Waals surface area contributed by atoms with Crippen molar-refractivity contribution >= 4 is 16.9 Å². The number of pyridine rings is 1. The summed E-state index contributed by atoms with van der Waals surface area (Å²) in [4.78, 5) is 24.1. The maximum atomic E-state index is 13.6. The maximum Gasteiger partial charge on any atom is 0.343 e. The molecular weight excluding hydrogens is 265 g/mol. The zero-order valence-electron chi connectivity index (χ0n) is 10.8. The van der Waals surface area contributed by atoms with Crippen LogP contribution in [0.25, 0.3) is 10.9 Å². The molecule has 2 aromatic rings. The Balaban J connectivity index is 2.34. The Morgan fingerprint density at radius 3 is 3.05 bits per heavy atom. The third-order valence-corrected chi connectivity index (χ3v) is 3.19. The highest BCUT2D eigenvalue weighted by atomic mass is 19.1. The normalized spacial score (nSPS) is 13.1. The largest absolute Gasteiger partial charge is 0.489 e. The molecule has 1 aliphatic heterocycles. The lowest BCUT2D eigenvalue weighted by atomic mass is 10.1. The summed E-state index contributed by atoms with van der Waals surface area (Å²) >= 11 is 0. The summed E-state index contributed by atoms with van der Waals surface area (Å²) < 4.78 is 25.5. The minimum Gasteiger partial charge on any atom is -0.489 e. The van der Waals surface area contributed by atoms with Gasteiger partial charge in [0.15, 0.2) is 0 Å². The number of aromatic nitrogens is 1. The summed E-state index contributed by atoms with van der Waals surface area (Å²) in [5, 5.41) is 0.130. The van der Waals surface area contributed by atoms with Gasteiger partial charge in [-0.25, -0.2) is 9.18 Å². The molecule has 0 spiro atoms. The Morgan fingerprint density at radius 1 is 1.50 bits per heavy atom. The highest BCUT2D eigenvalue weighted by Gasteiger charge is 2.21. The number of carbonyl (C=O) groups excluding carboxylic acids is 1. The van der Waals surface area contributed by atoms with Crippen molar-refractivity contribution in [3.63, 3.8) is 0 Å². The van der Waals surface area contributed by atoms with E-state index < -0.39 is 17.2 Å². The van der Waals surface area contributed by atoms with E-state index in [1.54, 1.807) is 11.5 Å². The van der Waals surface area contributed by atoms with Crippen molar-refractivity contribution in [3.05, 3.63) is 39.9 Å². The number of carbonyl (C=O) groups is 1. The van der Waals surface area contributed by atoms with Crippen molar-refractivity contribution in [2.24, 2.45) is 0 Å². The molecule has 0 saturated heterocycles. The predicted octanol–water partition coefficient (Wildman–Crippen LogP) is 1.71. The van der Waals surface area contributed by atoms with Gasteiger partial charge in [-0.1, -0.05) is 0 Å². The summed E-state index contributed by atoms with van der Waals surface area (Å²) in [6, 6.07) is 2.36. The molecule has 6 heteroatoms. The SMILES string of the molecule is CCOC(=O)c1cn2c3c(cc(F)cc3c1=O)OCC2. The number of hydrogen-bond acceptors (Lipinski definition) is 4. The summed E-state index contributed by atoms with van der Waals surface area (Å²) in [7, 11) is 0. The van der Waals surface area contributed by atoms with Gasteiger partial charge in [-0.15, -0.1) is 0 Å². The molecule has 0 aliphatic carbocycles. The van der Waals surface area contributed by atoms with Gasteiger partial charge in [0.2, 0.25) is 5.43 Å². The molecule has 1 aromatic heterocycles. The molecule has 0 N–H and O–H groups in total. The van der Waals surface area contributed by atoms with E-state index >= 15 is 0 Å². The molecule has 2 heterocycles. The lowest BCUT2D eigenvalue weighted by Gasteiger charge is -2.21. The molecule has 0 bridgehead atoms. The number of ether oxygens (including phenoxy) is 2. The van der Waals surface area contributed by atoms with Gasteiger partial charge in [-0.3, -0.25) is 4.79 Å². The van der Waals surface area contributed by atoms with Crippen LogP contribution in [-0.4, -0.2) is 23.8 Å². The minimum atomic E-state index is -0.694. The first-order valence-electron chi connectivity index (χ1n) is 6.28. The number of benzene rings is 1. The second kappa shape index (κ2) is 4.63. The average molecular weight is 277 g/mol. The third-order valence-electron chi connectivity index (χ3n) is 3.19. The molecule has 1 aromatic carbocycles. The van der Waals surface area contributed by atoms with Crippen molar-refractivity contribution in [2.45, 2.75) is 13.5 Å². The first-order chi connectivity index (χ1) is 9.61. The predicted molar refractivity (Wildman–Crippen MR) is 69.6 cm³/mol. The van der Waals surface area contributed by atoms with Crippen molar-refractivity contribution < 1.29 is 18.7 Å². The minimum absolute atomic E-state index is 0.0854. The van der Waals surface area contributed by atoms with Crippen LogP contribution in [0, 0.1) is 5.82 Å². The summed E-state index contributed by atoms with van der Waals surface area (Å²) in [5.41, 5.74) is -0.116. The van der Waals surface area contributed by atoms with Gasteiger partial charge >= 0.3 is 5.97 Å². The standard InChI is InChI=1S/C14H12FNO4/c1-2-19-14(18)10-7-16-3-4-20-11-6-8(15)5-9(12(11)16)13(10)17/h5-7H,2-4H2,1H3. The fourth-order valence-electron chi connectivity index (χ4n) is 2.36. The van der Waals surface area contributed by atoms with E-state index in [2.05, 4.69) is 0 Å². The average Bonchev–Trinajstić information content (AvgIpc) is 2.42. The fraction of sp³-hybridized carbons (Fsp3) is 0.286. The highest BCUT2D eigenvalue weighted by molar-refractivity contribution is 5.95. The molecule has 0 saturated carbocycles. The molecular formula is C14H12FNO4. The van der Waals surface area contributed by atoms with Crippen LogP contribution < -0.4 is 10.2 Å². The van der Waals surface area contributed by atoms with Crippen molar-refractivity contribution in [1.82, 2.24) is 4.57 Å². The third kappa shape index (κ3) is 1.84. The lowest BCUT2D eigenvalue weighted by Crippen LogP contribution is -2.24. The molecule has 0 radical (unpaired) electrons. The number of esters is 1. The van der Waals surface area contributed by atoms with Crippen LogP contribution in [0.5, 0.6) is 5.75 Å². The zero-order valence-corrected chi connectivity index (χ0v) is 10.8. The molecule has 20 heavy (non-hydrogen) atoms. The monoisotopic (exact) mass is 277 g/mol. The van der Waals surface area contributed by atoms with E-state index in [-0.39, 0.29) is 17.6 Å². The van der Waals surface area contributed by atoms with E-state index in [0.29, 0.717) is 24.4 Å². The van der Waals surface area contributed by atoms with E-state index in [1.807, 2.05) is 0 Å². The molecule has 0 amide bonds. The lowest BCUT2D eigenvalue weighted by molar-refractivity contribution is 0.0524. The number of hydrogen-bond donors (Lipinski definition) is 0. The second-order valence-electron chi connectivity index (χ2n) is 4.43. The van der Waals surface area contributed by atoms with Crippen LogP contribution in [0.2, 0.25) is 0 Å². The Hall–Kier alpha value is -2.37. The van der Waals surface area contributed by atoms with E-state index in [4.69, 9.17) is 9.47 Å². The molecule has 3 rings (SSSR count). The van der Waals surface area contributed by atoms with Gasteiger partial charge in [0.25, 0.3) is 0 Å². The Bertz CT molecular complexity index is 766. The first kappa shape index (κ1) is 12.7. The molecule has 0 atom stereocenters. The highest BCUT2D eigenvalue weighted by Crippen LogP contribution is 2.28. The summed E-state index contributed by atoms with van der Waals surface area (Å²) in [6.45, 7) is 2.68. The Labute approximate surface area is 113 Å².